The third kappa shape index (κ3) is 3.99. The van der Waals surface area contributed by atoms with Gasteiger partial charge in [0.15, 0.2) is 5.13 Å². The maximum absolute atomic E-state index is 12.9. The van der Waals surface area contributed by atoms with Gasteiger partial charge in [-0.3, -0.25) is 4.79 Å². The number of rotatable bonds is 7. The summed E-state index contributed by atoms with van der Waals surface area (Å²) in [6.45, 7) is 0. The molecule has 0 aliphatic heterocycles. The van der Waals surface area contributed by atoms with Crippen LogP contribution in [-0.2, 0) is 10.2 Å². The fourth-order valence-electron chi connectivity index (χ4n) is 3.10. The number of benzene rings is 2. The van der Waals surface area contributed by atoms with Crippen molar-refractivity contribution in [2.24, 2.45) is 0 Å². The molecule has 0 spiro atoms. The zero-order chi connectivity index (χ0) is 20.4. The zero-order valence-electron chi connectivity index (χ0n) is 15.5. The number of hydrogen-bond donors (Lipinski definition) is 2. The molecule has 0 radical (unpaired) electrons. The fourth-order valence-corrected chi connectivity index (χ4v) is 5.06. The Morgan fingerprint density at radius 3 is 2.55 bits per heavy atom. The molecule has 1 amide bonds. The van der Waals surface area contributed by atoms with Gasteiger partial charge in [-0.15, -0.1) is 0 Å². The number of hydrogen-bond acceptors (Lipinski definition) is 6. The van der Waals surface area contributed by atoms with Gasteiger partial charge in [-0.1, -0.05) is 47.4 Å². The van der Waals surface area contributed by atoms with Crippen molar-refractivity contribution in [3.8, 4) is 5.75 Å². The maximum atomic E-state index is 12.9. The van der Waals surface area contributed by atoms with Crippen LogP contribution in [0.15, 0.2) is 63.8 Å². The lowest BCUT2D eigenvalue weighted by Crippen LogP contribution is -2.27. The Morgan fingerprint density at radius 2 is 1.90 bits per heavy atom. The summed E-state index contributed by atoms with van der Waals surface area (Å²) in [5.41, 5.74) is 0.700. The standard InChI is InChI=1S/C21H18N2O4S2/c1-27-14-8-6-13(7-9-14)21(10-11-21)19(26)23-20-22-12-17(29-20)28-16-5-3-2-4-15(16)18(24)25/h2-9,12H,10-11H2,1H3,(H,24,25)(H,22,23,26). The van der Waals surface area contributed by atoms with E-state index in [1.807, 2.05) is 24.3 Å². The molecule has 1 fully saturated rings. The molecule has 0 bridgehead atoms. The van der Waals surface area contributed by atoms with Gasteiger partial charge in [-0.2, -0.15) is 0 Å². The summed E-state index contributed by atoms with van der Waals surface area (Å²) in [6, 6.07) is 14.4. The molecule has 148 valence electrons. The van der Waals surface area contributed by atoms with E-state index in [1.165, 1.54) is 23.1 Å². The number of carbonyl (C=O) groups is 2. The van der Waals surface area contributed by atoms with Gasteiger partial charge in [-0.25, -0.2) is 9.78 Å². The second kappa shape index (κ2) is 7.88. The van der Waals surface area contributed by atoms with E-state index < -0.39 is 11.4 Å². The minimum Gasteiger partial charge on any atom is -0.497 e. The number of carboxylic acids is 1. The van der Waals surface area contributed by atoms with Gasteiger partial charge in [0.05, 0.1) is 28.5 Å². The van der Waals surface area contributed by atoms with Crippen LogP contribution in [0.25, 0.3) is 0 Å². The molecule has 29 heavy (non-hydrogen) atoms. The number of nitrogens with one attached hydrogen (secondary N) is 1. The van der Waals surface area contributed by atoms with Crippen molar-refractivity contribution in [2.45, 2.75) is 27.4 Å². The minimum atomic E-state index is -0.971. The summed E-state index contributed by atoms with van der Waals surface area (Å²) in [5, 5.41) is 12.7. The Kier molecular flexibility index (Phi) is 5.29. The number of thiazole rings is 1. The first-order valence-electron chi connectivity index (χ1n) is 8.94. The molecule has 3 aromatic rings. The van der Waals surface area contributed by atoms with Gasteiger partial charge in [0, 0.05) is 4.90 Å². The maximum Gasteiger partial charge on any atom is 0.336 e. The fraction of sp³-hybridized carbons (Fsp3) is 0.190. The number of amides is 1. The van der Waals surface area contributed by atoms with Crippen LogP contribution in [0.3, 0.4) is 0 Å². The molecule has 2 N–H and O–H groups in total. The van der Waals surface area contributed by atoms with Gasteiger partial charge in [0.1, 0.15) is 5.75 Å². The van der Waals surface area contributed by atoms with E-state index in [2.05, 4.69) is 10.3 Å². The smallest absolute Gasteiger partial charge is 0.336 e. The molecule has 4 rings (SSSR count). The molecule has 1 aliphatic rings. The molecule has 6 nitrogen and oxygen atoms in total. The number of methoxy groups -OCH3 is 1. The molecule has 1 saturated carbocycles. The van der Waals surface area contributed by atoms with Crippen molar-refractivity contribution in [2.75, 3.05) is 12.4 Å². The van der Waals surface area contributed by atoms with E-state index in [9.17, 15) is 14.7 Å². The SMILES string of the molecule is COc1ccc(C2(C(=O)Nc3ncc(Sc4ccccc4C(=O)O)s3)CC2)cc1. The van der Waals surface area contributed by atoms with Gasteiger partial charge < -0.3 is 15.2 Å². The lowest BCUT2D eigenvalue weighted by molar-refractivity contribution is -0.118. The normalized spacial score (nSPS) is 14.2. The largest absolute Gasteiger partial charge is 0.497 e. The predicted molar refractivity (Wildman–Crippen MR) is 112 cm³/mol. The van der Waals surface area contributed by atoms with Crippen molar-refractivity contribution in [1.82, 2.24) is 4.98 Å². The molecular weight excluding hydrogens is 408 g/mol. The first-order chi connectivity index (χ1) is 14.0. The molecule has 1 aliphatic carbocycles. The molecule has 1 heterocycles. The molecular formula is C21H18N2O4S2. The molecule has 0 saturated heterocycles. The van der Waals surface area contributed by atoms with Crippen LogP contribution in [-0.4, -0.2) is 29.1 Å². The summed E-state index contributed by atoms with van der Waals surface area (Å²) in [7, 11) is 1.61. The molecule has 0 unspecified atom stereocenters. The molecule has 2 aromatic carbocycles. The highest BCUT2D eigenvalue weighted by molar-refractivity contribution is 8.01. The number of aromatic carboxylic acids is 1. The highest BCUT2D eigenvalue weighted by Gasteiger charge is 2.51. The predicted octanol–water partition coefficient (Wildman–Crippen LogP) is 4.67. The van der Waals surface area contributed by atoms with Crippen LogP contribution in [0, 0.1) is 0 Å². The van der Waals surface area contributed by atoms with Gasteiger partial charge in [0.2, 0.25) is 5.91 Å². The minimum absolute atomic E-state index is 0.0699. The van der Waals surface area contributed by atoms with Crippen LogP contribution in [0.2, 0.25) is 0 Å². The van der Waals surface area contributed by atoms with Crippen LogP contribution in [0.1, 0.15) is 28.8 Å². The van der Waals surface area contributed by atoms with Crippen LogP contribution in [0.4, 0.5) is 5.13 Å². The Balaban J connectivity index is 1.46. The van der Waals surface area contributed by atoms with Crippen molar-refractivity contribution < 1.29 is 19.4 Å². The second-order valence-corrected chi connectivity index (χ2v) is 9.03. The van der Waals surface area contributed by atoms with Crippen LogP contribution < -0.4 is 10.1 Å². The highest BCUT2D eigenvalue weighted by atomic mass is 32.2. The van der Waals surface area contributed by atoms with Crippen molar-refractivity contribution in [3.63, 3.8) is 0 Å². The monoisotopic (exact) mass is 426 g/mol. The first-order valence-corrected chi connectivity index (χ1v) is 10.6. The number of carboxylic acid groups (broad SMARTS) is 1. The van der Waals surface area contributed by atoms with Crippen molar-refractivity contribution in [3.05, 3.63) is 65.9 Å². The highest BCUT2D eigenvalue weighted by Crippen LogP contribution is 2.49. The Labute approximate surface area is 175 Å². The average molecular weight is 427 g/mol. The van der Waals surface area contributed by atoms with E-state index >= 15 is 0 Å². The van der Waals surface area contributed by atoms with E-state index in [0.717, 1.165) is 28.4 Å². The van der Waals surface area contributed by atoms with Gasteiger partial charge >= 0.3 is 5.97 Å². The number of aromatic nitrogens is 1. The summed E-state index contributed by atoms with van der Waals surface area (Å²) >= 11 is 2.65. The van der Waals surface area contributed by atoms with Gasteiger partial charge in [-0.05, 0) is 42.7 Å². The first kappa shape index (κ1) is 19.5. The number of ether oxygens (including phenoxy) is 1. The van der Waals surface area contributed by atoms with E-state index in [4.69, 9.17) is 4.74 Å². The van der Waals surface area contributed by atoms with E-state index in [0.29, 0.717) is 10.0 Å². The van der Waals surface area contributed by atoms with Crippen LogP contribution in [0.5, 0.6) is 5.75 Å². The summed E-state index contributed by atoms with van der Waals surface area (Å²) in [4.78, 5) is 29.2. The van der Waals surface area contributed by atoms with E-state index in [1.54, 1.807) is 37.6 Å². The summed E-state index contributed by atoms with van der Waals surface area (Å²) in [6.07, 6.45) is 3.24. The second-order valence-electron chi connectivity index (χ2n) is 6.65. The summed E-state index contributed by atoms with van der Waals surface area (Å²) in [5.74, 6) is -0.283. The molecule has 0 atom stereocenters. The van der Waals surface area contributed by atoms with Crippen LogP contribution >= 0.6 is 23.1 Å². The Hall–Kier alpha value is -2.84. The Bertz CT molecular complexity index is 1060. The van der Waals surface area contributed by atoms with E-state index in [-0.39, 0.29) is 11.5 Å². The summed E-state index contributed by atoms with van der Waals surface area (Å²) < 4.78 is 5.99. The van der Waals surface area contributed by atoms with Crippen molar-refractivity contribution in [1.29, 1.82) is 0 Å². The molecule has 1 aromatic heterocycles. The third-order valence-corrected chi connectivity index (χ3v) is 6.95. The number of carbonyl (C=O) groups excluding carboxylic acids is 1. The molecule has 8 heteroatoms. The number of nitrogens with zero attached hydrogens (tertiary/aromatic N) is 1. The average Bonchev–Trinajstić information content (AvgIpc) is 3.44. The lowest BCUT2D eigenvalue weighted by Gasteiger charge is -2.15. The zero-order valence-corrected chi connectivity index (χ0v) is 17.2. The van der Waals surface area contributed by atoms with Crippen molar-refractivity contribution >= 4 is 40.1 Å². The Morgan fingerprint density at radius 1 is 1.17 bits per heavy atom. The number of anilines is 1. The van der Waals surface area contributed by atoms with Gasteiger partial charge in [0.25, 0.3) is 0 Å². The lowest BCUT2D eigenvalue weighted by atomic mass is 9.95. The quantitative estimate of drug-likeness (QED) is 0.571. The topological polar surface area (TPSA) is 88.5 Å². The third-order valence-electron chi connectivity index (χ3n) is 4.86.